The molecule has 0 heterocycles. The van der Waals surface area contributed by atoms with E-state index in [1.165, 1.54) is 6.07 Å². The van der Waals surface area contributed by atoms with E-state index in [-0.39, 0.29) is 5.56 Å². The second-order valence-corrected chi connectivity index (χ2v) is 4.09. The monoisotopic (exact) mass is 249 g/mol. The minimum Gasteiger partial charge on any atom is -0.311 e. The van der Waals surface area contributed by atoms with Gasteiger partial charge in [-0.15, -0.1) is 0 Å². The van der Waals surface area contributed by atoms with Crippen LogP contribution in [-0.4, -0.2) is 31.1 Å². The maximum atomic E-state index is 13.7. The molecule has 0 radical (unpaired) electrons. The summed E-state index contributed by atoms with van der Waals surface area (Å²) in [6.45, 7) is 8.53. The molecule has 0 bridgehead atoms. The molecule has 0 atom stereocenters. The molecule has 0 aromatic heterocycles. The highest BCUT2D eigenvalue weighted by Gasteiger charge is 2.06. The SMILES string of the molecule is CCN(CC)CCNCc1cccc(C#N)c1F. The quantitative estimate of drug-likeness (QED) is 0.752. The lowest BCUT2D eigenvalue weighted by Gasteiger charge is -2.18. The van der Waals surface area contributed by atoms with Gasteiger partial charge in [0.1, 0.15) is 11.9 Å². The molecule has 18 heavy (non-hydrogen) atoms. The Morgan fingerprint density at radius 3 is 2.67 bits per heavy atom. The normalized spacial score (nSPS) is 10.6. The summed E-state index contributed by atoms with van der Waals surface area (Å²) in [7, 11) is 0. The fourth-order valence-electron chi connectivity index (χ4n) is 1.80. The van der Waals surface area contributed by atoms with Crippen LogP contribution in [-0.2, 0) is 6.54 Å². The molecule has 0 saturated carbocycles. The molecule has 0 unspecified atom stereocenters. The van der Waals surface area contributed by atoms with Gasteiger partial charge in [-0.2, -0.15) is 5.26 Å². The van der Waals surface area contributed by atoms with Crippen LogP contribution in [0.2, 0.25) is 0 Å². The van der Waals surface area contributed by atoms with Crippen LogP contribution in [0.25, 0.3) is 0 Å². The topological polar surface area (TPSA) is 39.1 Å². The molecule has 1 aromatic rings. The van der Waals surface area contributed by atoms with Crippen LogP contribution in [0.3, 0.4) is 0 Å². The minimum absolute atomic E-state index is 0.109. The van der Waals surface area contributed by atoms with Crippen LogP contribution in [0.1, 0.15) is 25.0 Å². The molecular weight excluding hydrogens is 229 g/mol. The summed E-state index contributed by atoms with van der Waals surface area (Å²) in [6.07, 6.45) is 0. The molecule has 0 aliphatic heterocycles. The van der Waals surface area contributed by atoms with Crippen molar-refractivity contribution in [2.75, 3.05) is 26.2 Å². The second kappa shape index (κ2) is 7.80. The van der Waals surface area contributed by atoms with E-state index in [0.717, 1.165) is 26.2 Å². The smallest absolute Gasteiger partial charge is 0.145 e. The lowest BCUT2D eigenvalue weighted by molar-refractivity contribution is 0.302. The van der Waals surface area contributed by atoms with Gasteiger partial charge in [0.05, 0.1) is 5.56 Å². The molecular formula is C14H20FN3. The summed E-state index contributed by atoms with van der Waals surface area (Å²) >= 11 is 0. The summed E-state index contributed by atoms with van der Waals surface area (Å²) < 4.78 is 13.7. The largest absolute Gasteiger partial charge is 0.311 e. The van der Waals surface area contributed by atoms with Gasteiger partial charge in [-0.05, 0) is 19.2 Å². The van der Waals surface area contributed by atoms with Gasteiger partial charge in [0.25, 0.3) is 0 Å². The van der Waals surface area contributed by atoms with Gasteiger partial charge in [0.15, 0.2) is 0 Å². The zero-order valence-electron chi connectivity index (χ0n) is 11.0. The Morgan fingerprint density at radius 1 is 1.33 bits per heavy atom. The number of nitrogens with one attached hydrogen (secondary N) is 1. The number of nitriles is 1. The zero-order valence-corrected chi connectivity index (χ0v) is 11.0. The van der Waals surface area contributed by atoms with Crippen LogP contribution in [0.15, 0.2) is 18.2 Å². The van der Waals surface area contributed by atoms with E-state index in [1.54, 1.807) is 12.1 Å². The number of benzene rings is 1. The average molecular weight is 249 g/mol. The molecule has 3 nitrogen and oxygen atoms in total. The highest BCUT2D eigenvalue weighted by atomic mass is 19.1. The number of likely N-dealkylation sites (N-methyl/N-ethyl adjacent to an activating group) is 1. The van der Waals surface area contributed by atoms with Crippen molar-refractivity contribution in [2.45, 2.75) is 20.4 Å². The summed E-state index contributed by atoms with van der Waals surface area (Å²) in [5, 5.41) is 11.9. The third-order valence-electron chi connectivity index (χ3n) is 3.01. The Kier molecular flexibility index (Phi) is 6.34. The maximum absolute atomic E-state index is 13.7. The third-order valence-corrected chi connectivity index (χ3v) is 3.01. The van der Waals surface area contributed by atoms with E-state index >= 15 is 0 Å². The van der Waals surface area contributed by atoms with Gasteiger partial charge in [0.2, 0.25) is 0 Å². The van der Waals surface area contributed by atoms with E-state index in [9.17, 15) is 4.39 Å². The number of nitrogens with zero attached hydrogens (tertiary/aromatic N) is 2. The van der Waals surface area contributed by atoms with Gasteiger partial charge in [-0.1, -0.05) is 26.0 Å². The fourth-order valence-corrected chi connectivity index (χ4v) is 1.80. The van der Waals surface area contributed by atoms with Gasteiger partial charge in [-0.3, -0.25) is 0 Å². The summed E-state index contributed by atoms with van der Waals surface area (Å²) in [5.74, 6) is -0.407. The first-order valence-corrected chi connectivity index (χ1v) is 6.33. The first kappa shape index (κ1) is 14.6. The first-order chi connectivity index (χ1) is 8.72. The maximum Gasteiger partial charge on any atom is 0.145 e. The number of hydrogen-bond donors (Lipinski definition) is 1. The Labute approximate surface area is 108 Å². The Bertz CT molecular complexity index is 408. The van der Waals surface area contributed by atoms with E-state index in [1.807, 2.05) is 6.07 Å². The highest BCUT2D eigenvalue weighted by Crippen LogP contribution is 2.11. The zero-order chi connectivity index (χ0) is 13.4. The molecule has 1 aromatic carbocycles. The molecule has 1 N–H and O–H groups in total. The number of halogens is 1. The fraction of sp³-hybridized carbons (Fsp3) is 0.500. The Morgan fingerprint density at radius 2 is 2.06 bits per heavy atom. The van der Waals surface area contributed by atoms with Gasteiger partial charge in [0, 0.05) is 25.2 Å². The highest BCUT2D eigenvalue weighted by molar-refractivity contribution is 5.34. The van der Waals surface area contributed by atoms with Crippen molar-refractivity contribution in [3.05, 3.63) is 35.1 Å². The first-order valence-electron chi connectivity index (χ1n) is 6.33. The van der Waals surface area contributed by atoms with E-state index in [4.69, 9.17) is 5.26 Å². The van der Waals surface area contributed by atoms with E-state index in [2.05, 4.69) is 24.1 Å². The number of hydrogen-bond acceptors (Lipinski definition) is 3. The Balaban J connectivity index is 2.43. The van der Waals surface area contributed by atoms with Crippen molar-refractivity contribution in [1.82, 2.24) is 10.2 Å². The van der Waals surface area contributed by atoms with E-state index in [0.29, 0.717) is 12.1 Å². The third kappa shape index (κ3) is 4.10. The predicted octanol–water partition coefficient (Wildman–Crippen LogP) is 2.13. The van der Waals surface area contributed by atoms with Crippen molar-refractivity contribution in [1.29, 1.82) is 5.26 Å². The predicted molar refractivity (Wildman–Crippen MR) is 70.6 cm³/mol. The molecule has 1 rings (SSSR count). The van der Waals surface area contributed by atoms with Crippen LogP contribution >= 0.6 is 0 Å². The van der Waals surface area contributed by atoms with Gasteiger partial charge >= 0.3 is 0 Å². The van der Waals surface area contributed by atoms with Crippen LogP contribution in [0.4, 0.5) is 4.39 Å². The molecule has 0 fully saturated rings. The minimum atomic E-state index is -0.407. The number of rotatable bonds is 7. The Hall–Kier alpha value is -1.44. The summed E-state index contributed by atoms with van der Waals surface area (Å²) in [5.41, 5.74) is 0.659. The lowest BCUT2D eigenvalue weighted by Crippen LogP contribution is -2.31. The van der Waals surface area contributed by atoms with Crippen molar-refractivity contribution in [3.8, 4) is 6.07 Å². The van der Waals surface area contributed by atoms with E-state index < -0.39 is 5.82 Å². The average Bonchev–Trinajstić information content (AvgIpc) is 2.40. The lowest BCUT2D eigenvalue weighted by atomic mass is 10.1. The van der Waals surface area contributed by atoms with Crippen molar-refractivity contribution < 1.29 is 4.39 Å². The van der Waals surface area contributed by atoms with Crippen LogP contribution < -0.4 is 5.32 Å². The molecule has 0 aliphatic carbocycles. The van der Waals surface area contributed by atoms with Crippen LogP contribution in [0.5, 0.6) is 0 Å². The van der Waals surface area contributed by atoms with Crippen molar-refractivity contribution in [2.24, 2.45) is 0 Å². The van der Waals surface area contributed by atoms with Crippen LogP contribution in [0, 0.1) is 17.1 Å². The second-order valence-electron chi connectivity index (χ2n) is 4.09. The summed E-state index contributed by atoms with van der Waals surface area (Å²) in [6, 6.07) is 6.77. The van der Waals surface area contributed by atoms with Crippen molar-refractivity contribution in [3.63, 3.8) is 0 Å². The molecule has 98 valence electrons. The molecule has 0 aliphatic rings. The molecule has 0 spiro atoms. The van der Waals surface area contributed by atoms with Gasteiger partial charge < -0.3 is 10.2 Å². The molecule has 0 amide bonds. The van der Waals surface area contributed by atoms with Gasteiger partial charge in [-0.25, -0.2) is 4.39 Å². The molecule has 0 saturated heterocycles. The molecule has 4 heteroatoms. The van der Waals surface area contributed by atoms with Crippen molar-refractivity contribution >= 4 is 0 Å². The summed E-state index contributed by atoms with van der Waals surface area (Å²) in [4.78, 5) is 2.30. The standard InChI is InChI=1S/C14H20FN3/c1-3-18(4-2)9-8-17-11-13-7-5-6-12(10-16)14(13)15/h5-7,17H,3-4,8-9,11H2,1-2H3.